The minimum atomic E-state index is 0. The van der Waals surface area contributed by atoms with E-state index < -0.39 is 0 Å². The maximum atomic E-state index is 5.54. The highest BCUT2D eigenvalue weighted by atomic mass is 127. The standard InChI is InChI=1S/C21H29N5O2.HI/c1-6-12-28-20-14-18(8-9-19(20)27-5)15-24-21(22-4)23-10-7-11-26-17(3)13-16(2)25-26;/h1,8-9,13-14H,7,10-12,15H2,2-5H3,(H2,22,23,24);1H. The van der Waals surface area contributed by atoms with Gasteiger partial charge in [0.15, 0.2) is 17.5 Å². The van der Waals surface area contributed by atoms with Gasteiger partial charge in [-0.3, -0.25) is 9.67 Å². The molecule has 0 aliphatic carbocycles. The fourth-order valence-electron chi connectivity index (χ4n) is 2.81. The molecular formula is C21H30IN5O2. The molecule has 0 saturated heterocycles. The number of aromatic nitrogens is 2. The molecule has 0 amide bonds. The summed E-state index contributed by atoms with van der Waals surface area (Å²) in [6.45, 7) is 6.56. The Balaban J connectivity index is 0.00000420. The number of benzene rings is 1. The Labute approximate surface area is 190 Å². The van der Waals surface area contributed by atoms with Crippen LogP contribution in [0.5, 0.6) is 11.5 Å². The van der Waals surface area contributed by atoms with Crippen molar-refractivity contribution in [3.05, 3.63) is 41.2 Å². The van der Waals surface area contributed by atoms with E-state index in [1.807, 2.05) is 29.8 Å². The Kier molecular flexibility index (Phi) is 11.0. The zero-order chi connectivity index (χ0) is 20.4. The summed E-state index contributed by atoms with van der Waals surface area (Å²) in [5.41, 5.74) is 3.27. The third-order valence-electron chi connectivity index (χ3n) is 4.17. The highest BCUT2D eigenvalue weighted by Gasteiger charge is 2.06. The topological polar surface area (TPSA) is 72.7 Å². The van der Waals surface area contributed by atoms with Gasteiger partial charge in [-0.2, -0.15) is 5.10 Å². The molecule has 0 saturated carbocycles. The van der Waals surface area contributed by atoms with Gasteiger partial charge in [0.1, 0.15) is 6.61 Å². The molecule has 0 atom stereocenters. The molecule has 1 aromatic carbocycles. The van der Waals surface area contributed by atoms with E-state index in [2.05, 4.69) is 39.6 Å². The molecule has 0 radical (unpaired) electrons. The molecule has 29 heavy (non-hydrogen) atoms. The van der Waals surface area contributed by atoms with Crippen molar-refractivity contribution in [3.8, 4) is 23.8 Å². The smallest absolute Gasteiger partial charge is 0.191 e. The summed E-state index contributed by atoms with van der Waals surface area (Å²) < 4.78 is 12.9. The van der Waals surface area contributed by atoms with Crippen molar-refractivity contribution in [1.82, 2.24) is 20.4 Å². The molecule has 1 aromatic heterocycles. The van der Waals surface area contributed by atoms with Crippen LogP contribution in [0.15, 0.2) is 29.3 Å². The van der Waals surface area contributed by atoms with Crippen LogP contribution in [0.3, 0.4) is 0 Å². The molecule has 0 spiro atoms. The van der Waals surface area contributed by atoms with Gasteiger partial charge < -0.3 is 20.1 Å². The number of aryl methyl sites for hydroxylation is 3. The number of terminal acetylenes is 1. The summed E-state index contributed by atoms with van der Waals surface area (Å²) in [7, 11) is 3.36. The first-order valence-corrected chi connectivity index (χ1v) is 9.26. The second kappa shape index (κ2) is 12.9. The fourth-order valence-corrected chi connectivity index (χ4v) is 2.81. The van der Waals surface area contributed by atoms with Gasteiger partial charge in [0.25, 0.3) is 0 Å². The summed E-state index contributed by atoms with van der Waals surface area (Å²) in [5.74, 6) is 4.50. The summed E-state index contributed by atoms with van der Waals surface area (Å²) in [6, 6.07) is 7.85. The first kappa shape index (κ1) is 24.6. The minimum Gasteiger partial charge on any atom is -0.493 e. The largest absolute Gasteiger partial charge is 0.493 e. The van der Waals surface area contributed by atoms with Gasteiger partial charge in [0.2, 0.25) is 0 Å². The van der Waals surface area contributed by atoms with E-state index in [1.54, 1.807) is 14.2 Å². The first-order chi connectivity index (χ1) is 13.6. The summed E-state index contributed by atoms with van der Waals surface area (Å²) in [6.07, 6.45) is 6.22. The number of rotatable bonds is 9. The van der Waals surface area contributed by atoms with E-state index in [4.69, 9.17) is 15.9 Å². The van der Waals surface area contributed by atoms with Crippen LogP contribution >= 0.6 is 24.0 Å². The lowest BCUT2D eigenvalue weighted by atomic mass is 10.2. The minimum absolute atomic E-state index is 0. The molecule has 0 aliphatic heterocycles. The van der Waals surface area contributed by atoms with Crippen molar-refractivity contribution in [1.29, 1.82) is 0 Å². The molecule has 0 unspecified atom stereocenters. The Morgan fingerprint density at radius 1 is 1.24 bits per heavy atom. The van der Waals surface area contributed by atoms with Gasteiger partial charge in [-0.25, -0.2) is 0 Å². The van der Waals surface area contributed by atoms with E-state index in [-0.39, 0.29) is 30.6 Å². The third kappa shape index (κ3) is 7.85. The molecule has 2 rings (SSSR count). The molecule has 158 valence electrons. The second-order valence-electron chi connectivity index (χ2n) is 6.33. The molecule has 0 fully saturated rings. The lowest BCUT2D eigenvalue weighted by Crippen LogP contribution is -2.37. The average Bonchev–Trinajstić information content (AvgIpc) is 3.02. The van der Waals surface area contributed by atoms with E-state index in [0.29, 0.717) is 18.0 Å². The van der Waals surface area contributed by atoms with Crippen LogP contribution < -0.4 is 20.1 Å². The molecule has 2 aromatic rings. The normalized spacial score (nSPS) is 10.7. The monoisotopic (exact) mass is 511 g/mol. The van der Waals surface area contributed by atoms with Gasteiger partial charge in [0, 0.05) is 32.4 Å². The number of hydrogen-bond donors (Lipinski definition) is 2. The van der Waals surface area contributed by atoms with Gasteiger partial charge in [-0.15, -0.1) is 30.4 Å². The number of methoxy groups -OCH3 is 1. The van der Waals surface area contributed by atoms with Gasteiger partial charge in [-0.05, 0) is 44.0 Å². The number of ether oxygens (including phenoxy) is 2. The van der Waals surface area contributed by atoms with Crippen molar-refractivity contribution >= 4 is 29.9 Å². The van der Waals surface area contributed by atoms with Crippen LogP contribution in [0.2, 0.25) is 0 Å². The van der Waals surface area contributed by atoms with Crippen molar-refractivity contribution in [2.45, 2.75) is 33.4 Å². The van der Waals surface area contributed by atoms with Crippen LogP contribution in [0, 0.1) is 26.2 Å². The van der Waals surface area contributed by atoms with Gasteiger partial charge in [-0.1, -0.05) is 12.0 Å². The maximum Gasteiger partial charge on any atom is 0.191 e. The van der Waals surface area contributed by atoms with E-state index >= 15 is 0 Å². The van der Waals surface area contributed by atoms with Gasteiger partial charge in [0.05, 0.1) is 12.8 Å². The van der Waals surface area contributed by atoms with Crippen molar-refractivity contribution in [3.63, 3.8) is 0 Å². The maximum absolute atomic E-state index is 5.54. The molecule has 1 heterocycles. The molecule has 8 heteroatoms. The highest BCUT2D eigenvalue weighted by Crippen LogP contribution is 2.27. The summed E-state index contributed by atoms with van der Waals surface area (Å²) in [4.78, 5) is 4.26. The summed E-state index contributed by atoms with van der Waals surface area (Å²) >= 11 is 0. The zero-order valence-electron chi connectivity index (χ0n) is 17.5. The van der Waals surface area contributed by atoms with Crippen LogP contribution in [0.25, 0.3) is 0 Å². The Hall–Kier alpha value is -2.41. The van der Waals surface area contributed by atoms with Crippen molar-refractivity contribution in [2.75, 3.05) is 27.3 Å². The Morgan fingerprint density at radius 2 is 2.03 bits per heavy atom. The third-order valence-corrected chi connectivity index (χ3v) is 4.17. The predicted octanol–water partition coefficient (Wildman–Crippen LogP) is 2.89. The SMILES string of the molecule is C#CCOc1cc(CNC(=NC)NCCCn2nc(C)cc2C)ccc1OC.I. The van der Waals surface area contributed by atoms with Crippen LogP contribution in [-0.2, 0) is 13.1 Å². The Morgan fingerprint density at radius 3 is 2.66 bits per heavy atom. The average molecular weight is 511 g/mol. The van der Waals surface area contributed by atoms with E-state index in [1.165, 1.54) is 5.69 Å². The second-order valence-corrected chi connectivity index (χ2v) is 6.33. The van der Waals surface area contributed by atoms with Crippen molar-refractivity contribution in [2.24, 2.45) is 4.99 Å². The number of guanidine groups is 1. The lowest BCUT2D eigenvalue weighted by molar-refractivity contribution is 0.330. The highest BCUT2D eigenvalue weighted by molar-refractivity contribution is 14.0. The molecule has 0 aliphatic rings. The van der Waals surface area contributed by atoms with E-state index in [9.17, 15) is 0 Å². The molecule has 7 nitrogen and oxygen atoms in total. The molecule has 2 N–H and O–H groups in total. The zero-order valence-corrected chi connectivity index (χ0v) is 19.8. The quantitative estimate of drug-likeness (QED) is 0.178. The number of aliphatic imine (C=N–C) groups is 1. The fraction of sp³-hybridized carbons (Fsp3) is 0.429. The van der Waals surface area contributed by atoms with Crippen LogP contribution in [0.1, 0.15) is 23.4 Å². The van der Waals surface area contributed by atoms with Crippen LogP contribution in [0.4, 0.5) is 0 Å². The first-order valence-electron chi connectivity index (χ1n) is 9.26. The van der Waals surface area contributed by atoms with E-state index in [0.717, 1.165) is 36.7 Å². The molecule has 0 bridgehead atoms. The Bertz CT molecular complexity index is 842. The number of nitrogens with one attached hydrogen (secondary N) is 2. The van der Waals surface area contributed by atoms with Gasteiger partial charge >= 0.3 is 0 Å². The lowest BCUT2D eigenvalue weighted by Gasteiger charge is -2.14. The number of nitrogens with zero attached hydrogens (tertiary/aromatic N) is 3. The number of halogens is 1. The molecular weight excluding hydrogens is 481 g/mol. The van der Waals surface area contributed by atoms with Crippen molar-refractivity contribution < 1.29 is 9.47 Å². The summed E-state index contributed by atoms with van der Waals surface area (Å²) in [5, 5.41) is 11.1. The van der Waals surface area contributed by atoms with Crippen LogP contribution in [-0.4, -0.2) is 43.0 Å². The predicted molar refractivity (Wildman–Crippen MR) is 127 cm³/mol. The number of hydrogen-bond acceptors (Lipinski definition) is 4.